The van der Waals surface area contributed by atoms with Gasteiger partial charge in [-0.25, -0.2) is 0 Å². The number of alkyl halides is 3. The first-order valence-corrected chi connectivity index (χ1v) is 12.1. The average molecular weight is 520 g/mol. The van der Waals surface area contributed by atoms with Gasteiger partial charge in [0.05, 0.1) is 17.1 Å². The van der Waals surface area contributed by atoms with Gasteiger partial charge in [0.15, 0.2) is 0 Å². The second kappa shape index (κ2) is 10.1. The highest BCUT2D eigenvalue weighted by Gasteiger charge is 2.31. The number of hydrogen-bond acceptors (Lipinski definition) is 4. The van der Waals surface area contributed by atoms with E-state index in [2.05, 4.69) is 16.9 Å². The number of halogens is 3. The Bertz CT molecular complexity index is 1510. The van der Waals surface area contributed by atoms with E-state index in [1.165, 1.54) is 18.2 Å². The van der Waals surface area contributed by atoms with Crippen LogP contribution in [-0.2, 0) is 11.0 Å². The van der Waals surface area contributed by atoms with Crippen molar-refractivity contribution in [1.82, 2.24) is 19.7 Å². The van der Waals surface area contributed by atoms with Crippen LogP contribution in [0.25, 0.3) is 22.2 Å². The van der Waals surface area contributed by atoms with Crippen molar-refractivity contribution in [2.45, 2.75) is 25.1 Å². The minimum absolute atomic E-state index is 0.00248. The second-order valence-corrected chi connectivity index (χ2v) is 9.08. The SMILES string of the molecule is C=CC(=O)N1CCC[C@@H](n2nc(-c3ccc(NC(=O)c4cccc(C(F)(F)F)c4)cc3)c3cnccc32)C1. The zero-order chi connectivity index (χ0) is 26.9. The van der Waals surface area contributed by atoms with Gasteiger partial charge in [-0.3, -0.25) is 19.3 Å². The van der Waals surface area contributed by atoms with E-state index in [0.29, 0.717) is 24.5 Å². The molecule has 3 heterocycles. The fourth-order valence-corrected chi connectivity index (χ4v) is 4.71. The van der Waals surface area contributed by atoms with Crippen molar-refractivity contribution in [3.8, 4) is 11.3 Å². The molecule has 7 nitrogen and oxygen atoms in total. The minimum atomic E-state index is -4.53. The maximum absolute atomic E-state index is 13.0. The predicted octanol–water partition coefficient (Wildman–Crippen LogP) is 5.72. The molecule has 1 aliphatic heterocycles. The van der Waals surface area contributed by atoms with Crippen molar-refractivity contribution in [2.24, 2.45) is 0 Å². The number of pyridine rings is 1. The van der Waals surface area contributed by atoms with E-state index in [1.807, 2.05) is 10.7 Å². The van der Waals surface area contributed by atoms with Crippen molar-refractivity contribution in [1.29, 1.82) is 0 Å². The number of amides is 2. The molecule has 1 aliphatic rings. The normalized spacial score (nSPS) is 15.9. The van der Waals surface area contributed by atoms with Gasteiger partial charge in [0, 0.05) is 47.7 Å². The molecule has 10 heteroatoms. The smallest absolute Gasteiger partial charge is 0.337 e. The van der Waals surface area contributed by atoms with Crippen molar-refractivity contribution in [2.75, 3.05) is 18.4 Å². The first-order valence-electron chi connectivity index (χ1n) is 12.1. The first kappa shape index (κ1) is 25.2. The quantitative estimate of drug-likeness (QED) is 0.342. The van der Waals surface area contributed by atoms with Crippen LogP contribution in [-0.4, -0.2) is 44.6 Å². The number of hydrogen-bond donors (Lipinski definition) is 1. The number of nitrogens with zero attached hydrogens (tertiary/aromatic N) is 4. The van der Waals surface area contributed by atoms with Crippen LogP contribution >= 0.6 is 0 Å². The van der Waals surface area contributed by atoms with Crippen LogP contribution in [0.1, 0.15) is 34.8 Å². The van der Waals surface area contributed by atoms with E-state index in [9.17, 15) is 22.8 Å². The number of carbonyl (C=O) groups excluding carboxylic acids is 2. The molecule has 0 spiro atoms. The molecule has 0 aliphatic carbocycles. The monoisotopic (exact) mass is 519 g/mol. The Morgan fingerprint density at radius 2 is 1.89 bits per heavy atom. The van der Waals surface area contributed by atoms with Crippen molar-refractivity contribution >= 4 is 28.4 Å². The molecule has 5 rings (SSSR count). The Hall–Kier alpha value is -4.47. The molecule has 2 amide bonds. The maximum atomic E-state index is 13.0. The van der Waals surface area contributed by atoms with Crippen LogP contribution in [0.3, 0.4) is 0 Å². The van der Waals surface area contributed by atoms with Gasteiger partial charge in [-0.15, -0.1) is 0 Å². The summed E-state index contributed by atoms with van der Waals surface area (Å²) in [5, 5.41) is 8.38. The Balaban J connectivity index is 1.39. The summed E-state index contributed by atoms with van der Waals surface area (Å²) in [6, 6.07) is 13.1. The Morgan fingerprint density at radius 3 is 2.63 bits per heavy atom. The summed E-state index contributed by atoms with van der Waals surface area (Å²) in [6.07, 6.45) is 1.97. The summed E-state index contributed by atoms with van der Waals surface area (Å²) in [5.41, 5.74) is 1.85. The van der Waals surface area contributed by atoms with E-state index in [0.717, 1.165) is 41.4 Å². The van der Waals surface area contributed by atoms with E-state index >= 15 is 0 Å². The lowest BCUT2D eigenvalue weighted by Gasteiger charge is -2.32. The molecule has 1 N–H and O–H groups in total. The van der Waals surface area contributed by atoms with Crippen LogP contribution in [0.15, 0.2) is 79.6 Å². The lowest BCUT2D eigenvalue weighted by molar-refractivity contribution is -0.137. The summed E-state index contributed by atoms with van der Waals surface area (Å²) in [5.74, 6) is -0.741. The third-order valence-corrected chi connectivity index (χ3v) is 6.60. The van der Waals surface area contributed by atoms with Crippen LogP contribution in [0.5, 0.6) is 0 Å². The van der Waals surface area contributed by atoms with Crippen molar-refractivity contribution in [3.05, 3.63) is 90.8 Å². The predicted molar refractivity (Wildman–Crippen MR) is 137 cm³/mol. The van der Waals surface area contributed by atoms with Gasteiger partial charge in [0.2, 0.25) is 5.91 Å². The molecule has 1 fully saturated rings. The topological polar surface area (TPSA) is 80.1 Å². The van der Waals surface area contributed by atoms with Crippen molar-refractivity contribution in [3.63, 3.8) is 0 Å². The van der Waals surface area contributed by atoms with Crippen LogP contribution in [0.2, 0.25) is 0 Å². The van der Waals surface area contributed by atoms with Gasteiger partial charge in [0.25, 0.3) is 5.91 Å². The Kier molecular flexibility index (Phi) is 6.71. The second-order valence-electron chi connectivity index (χ2n) is 9.08. The van der Waals surface area contributed by atoms with E-state index in [4.69, 9.17) is 5.10 Å². The Morgan fingerprint density at radius 1 is 1.11 bits per heavy atom. The molecule has 0 unspecified atom stereocenters. The zero-order valence-corrected chi connectivity index (χ0v) is 20.3. The number of piperidine rings is 1. The Labute approximate surface area is 216 Å². The molecule has 2 aromatic heterocycles. The summed E-state index contributed by atoms with van der Waals surface area (Å²) >= 11 is 0. The highest BCUT2D eigenvalue weighted by molar-refractivity contribution is 6.04. The van der Waals surface area contributed by atoms with Gasteiger partial charge < -0.3 is 10.2 Å². The molecule has 1 saturated heterocycles. The molecule has 0 radical (unpaired) electrons. The highest BCUT2D eigenvalue weighted by Crippen LogP contribution is 2.33. The molecule has 4 aromatic rings. The number of rotatable bonds is 5. The van der Waals surface area contributed by atoms with Crippen LogP contribution in [0, 0.1) is 0 Å². The van der Waals surface area contributed by atoms with E-state index in [-0.39, 0.29) is 17.5 Å². The fourth-order valence-electron chi connectivity index (χ4n) is 4.71. The van der Waals surface area contributed by atoms with Gasteiger partial charge in [-0.1, -0.05) is 24.8 Å². The van der Waals surface area contributed by atoms with Crippen LogP contribution < -0.4 is 5.32 Å². The minimum Gasteiger partial charge on any atom is -0.337 e. The number of likely N-dealkylation sites (tertiary alicyclic amines) is 1. The maximum Gasteiger partial charge on any atom is 0.416 e. The largest absolute Gasteiger partial charge is 0.416 e. The lowest BCUT2D eigenvalue weighted by atomic mass is 10.1. The third-order valence-electron chi connectivity index (χ3n) is 6.60. The molecular formula is C28H24F3N5O2. The number of fused-ring (bicyclic) bond motifs is 1. The number of benzene rings is 2. The molecule has 2 aromatic carbocycles. The highest BCUT2D eigenvalue weighted by atomic mass is 19.4. The first-order chi connectivity index (χ1) is 18.2. The lowest BCUT2D eigenvalue weighted by Crippen LogP contribution is -2.40. The van der Waals surface area contributed by atoms with E-state index < -0.39 is 17.6 Å². The fraction of sp³-hybridized carbons (Fsp3) is 0.214. The molecule has 38 heavy (non-hydrogen) atoms. The average Bonchev–Trinajstić information content (AvgIpc) is 3.32. The van der Waals surface area contributed by atoms with Gasteiger partial charge >= 0.3 is 6.18 Å². The molecule has 0 bridgehead atoms. The molecule has 194 valence electrons. The molecular weight excluding hydrogens is 495 g/mol. The summed E-state index contributed by atoms with van der Waals surface area (Å²) in [4.78, 5) is 30.8. The molecule has 1 atom stereocenters. The number of carbonyl (C=O) groups is 2. The van der Waals surface area contributed by atoms with E-state index in [1.54, 1.807) is 41.6 Å². The van der Waals surface area contributed by atoms with Gasteiger partial charge in [-0.05, 0) is 55.3 Å². The van der Waals surface area contributed by atoms with Crippen LogP contribution in [0.4, 0.5) is 18.9 Å². The van der Waals surface area contributed by atoms with Crippen molar-refractivity contribution < 1.29 is 22.8 Å². The summed E-state index contributed by atoms with van der Waals surface area (Å²) in [7, 11) is 0. The summed E-state index contributed by atoms with van der Waals surface area (Å²) < 4.78 is 40.9. The molecule has 0 saturated carbocycles. The van der Waals surface area contributed by atoms with Gasteiger partial charge in [0.1, 0.15) is 5.69 Å². The van der Waals surface area contributed by atoms with Gasteiger partial charge in [-0.2, -0.15) is 18.3 Å². The third kappa shape index (κ3) is 5.02. The zero-order valence-electron chi connectivity index (χ0n) is 20.3. The number of nitrogens with one attached hydrogen (secondary N) is 1. The number of anilines is 1. The summed E-state index contributed by atoms with van der Waals surface area (Å²) in [6.45, 7) is 4.80. The standard InChI is InChI=1S/C28H24F3N5O2/c1-2-25(37)35-14-4-7-22(17-35)36-24-12-13-32-16-23(24)26(34-36)18-8-10-21(11-9-18)33-27(38)19-5-3-6-20(15-19)28(29,30)31/h2-3,5-6,8-13,15-16,22H,1,4,7,14,17H2,(H,33,38)/t22-/m1/s1. The number of aromatic nitrogens is 3.